The molecule has 0 spiro atoms. The Hall–Kier alpha value is -5.51. The molecule has 17 nitrogen and oxygen atoms in total. The number of hydrogen-bond acceptors (Lipinski definition) is 12. The van der Waals surface area contributed by atoms with Crippen LogP contribution < -0.4 is 21.7 Å². The Morgan fingerprint density at radius 2 is 1.49 bits per heavy atom. The number of carbonyl (C=O) groups is 6. The summed E-state index contributed by atoms with van der Waals surface area (Å²) in [6.45, 7) is 8.62. The van der Waals surface area contributed by atoms with Crippen molar-refractivity contribution < 1.29 is 56.5 Å². The van der Waals surface area contributed by atoms with Crippen LogP contribution in [0.1, 0.15) is 50.9 Å². The molecule has 0 radical (unpaired) electrons. The number of nitrogens with one attached hydrogen (secondary N) is 3. The number of hydrogen-bond donors (Lipinski definition) is 4. The predicted octanol–water partition coefficient (Wildman–Crippen LogP) is 3.21. The molecule has 0 aliphatic carbocycles. The minimum absolute atomic E-state index is 0.0126. The fraction of sp³-hybridized carbons (Fsp3) is 0.500. The van der Waals surface area contributed by atoms with Crippen molar-refractivity contribution in [3.05, 3.63) is 95.8 Å². The molecule has 5 N–H and O–H groups in total. The van der Waals surface area contributed by atoms with E-state index in [1.807, 2.05) is 55.7 Å². The van der Waals surface area contributed by atoms with Gasteiger partial charge in [0.2, 0.25) is 23.6 Å². The van der Waals surface area contributed by atoms with E-state index in [1.54, 1.807) is 24.3 Å². The van der Waals surface area contributed by atoms with Crippen molar-refractivity contribution in [2.75, 3.05) is 97.6 Å². The normalized spacial score (nSPS) is 13.4. The van der Waals surface area contributed by atoms with Gasteiger partial charge >= 0.3 is 0 Å². The van der Waals surface area contributed by atoms with Gasteiger partial charge in [-0.05, 0) is 48.2 Å². The van der Waals surface area contributed by atoms with Crippen molar-refractivity contribution in [2.24, 2.45) is 11.1 Å². The average Bonchev–Trinajstić information content (AvgIpc) is 3.85. The van der Waals surface area contributed by atoms with E-state index in [-0.39, 0.29) is 68.9 Å². The second kappa shape index (κ2) is 28.7. The van der Waals surface area contributed by atoms with Crippen molar-refractivity contribution >= 4 is 47.2 Å². The number of amides is 6. The van der Waals surface area contributed by atoms with E-state index >= 15 is 4.39 Å². The van der Waals surface area contributed by atoms with Crippen molar-refractivity contribution in [2.45, 2.75) is 52.2 Å². The van der Waals surface area contributed by atoms with E-state index in [9.17, 15) is 33.2 Å². The Balaban J connectivity index is 1.47. The summed E-state index contributed by atoms with van der Waals surface area (Å²) in [7, 11) is 1.59. The number of ether oxygens (including phenoxy) is 4. The highest BCUT2D eigenvalue weighted by Gasteiger charge is 2.37. The van der Waals surface area contributed by atoms with Crippen LogP contribution in [0.5, 0.6) is 0 Å². The number of methoxy groups -OCH3 is 1. The van der Waals surface area contributed by atoms with Crippen LogP contribution in [0, 0.1) is 17.0 Å². The highest BCUT2D eigenvalue weighted by Crippen LogP contribution is 2.41. The first kappa shape index (κ1) is 55.1. The van der Waals surface area contributed by atoms with E-state index in [2.05, 4.69) is 16.0 Å². The molecular weight excluding hydrogens is 905 g/mol. The molecule has 0 unspecified atom stereocenters. The largest absolute Gasteiger partial charge is 0.382 e. The SMILES string of the molecule is COCCOCCOCCOCCC(=O)N[C@@H](CSCC(=O)N(CCCN)[C@@H](c1cc(-c2cc(F)ccc2F)cn1Cc1ccccc1)C(C)(C)C)C(=O)NCCNC(=O)CN1C(=O)C=CC1=O. The second-order valence-corrected chi connectivity index (χ2v) is 17.9. The number of halogens is 2. The Bertz CT molecular complexity index is 2140. The summed E-state index contributed by atoms with van der Waals surface area (Å²) in [4.78, 5) is 79.9. The van der Waals surface area contributed by atoms with Gasteiger partial charge in [-0.25, -0.2) is 8.78 Å². The number of rotatable bonds is 31. The summed E-state index contributed by atoms with van der Waals surface area (Å²) in [5, 5.41) is 7.99. The molecule has 68 heavy (non-hydrogen) atoms. The summed E-state index contributed by atoms with van der Waals surface area (Å²) in [5.41, 5.74) is 7.59. The number of benzene rings is 2. The lowest BCUT2D eigenvalue weighted by Gasteiger charge is -2.41. The standard InChI is InChI=1S/C48H65F2N7O10S/c1-48(2,3)46(40-27-35(37-28-36(49)11-12-38(37)50)30-55(40)29-34-9-6-5-7-10-34)56(19-8-16-51)45(62)33-68-32-39(54-41(58)15-20-65-23-24-67-26-25-66-22-21-64-4)47(63)53-18-17-52-42(59)31-57-43(60)13-14-44(57)61/h5-7,9-14,27-28,30,39,46H,8,15-26,29,31-33,51H2,1-4H3,(H,52,59)(H,53,63)(H,54,58)/t39-,46-/m0/s1. The van der Waals surface area contributed by atoms with Gasteiger partial charge in [0.15, 0.2) is 0 Å². The van der Waals surface area contributed by atoms with Crippen molar-refractivity contribution in [1.29, 1.82) is 0 Å². The van der Waals surface area contributed by atoms with Gasteiger partial charge in [0, 0.05) is 80.6 Å². The lowest BCUT2D eigenvalue weighted by Crippen LogP contribution is -2.50. The van der Waals surface area contributed by atoms with E-state index in [1.165, 1.54) is 0 Å². The van der Waals surface area contributed by atoms with E-state index in [0.29, 0.717) is 57.2 Å². The number of nitrogens with two attached hydrogens (primary N) is 1. The maximum Gasteiger partial charge on any atom is 0.254 e. The van der Waals surface area contributed by atoms with Crippen LogP contribution in [0.2, 0.25) is 0 Å². The fourth-order valence-corrected chi connectivity index (χ4v) is 8.14. The molecule has 6 amide bonds. The van der Waals surface area contributed by atoms with Crippen LogP contribution in [0.4, 0.5) is 8.78 Å². The van der Waals surface area contributed by atoms with Gasteiger partial charge in [-0.2, -0.15) is 0 Å². The zero-order valence-corrected chi connectivity index (χ0v) is 40.1. The first-order valence-electron chi connectivity index (χ1n) is 22.5. The molecule has 0 fully saturated rings. The van der Waals surface area contributed by atoms with E-state index in [0.717, 1.165) is 52.6 Å². The lowest BCUT2D eigenvalue weighted by atomic mass is 9.83. The third-order valence-corrected chi connectivity index (χ3v) is 11.5. The first-order valence-corrected chi connectivity index (χ1v) is 23.6. The van der Waals surface area contributed by atoms with Crippen LogP contribution in [0.3, 0.4) is 0 Å². The second-order valence-electron chi connectivity index (χ2n) is 16.8. The van der Waals surface area contributed by atoms with Crippen LogP contribution in [0.15, 0.2) is 72.9 Å². The zero-order valence-electron chi connectivity index (χ0n) is 39.3. The van der Waals surface area contributed by atoms with Crippen molar-refractivity contribution in [1.82, 2.24) is 30.3 Å². The minimum Gasteiger partial charge on any atom is -0.382 e. The van der Waals surface area contributed by atoms with Gasteiger partial charge in [0.1, 0.15) is 24.2 Å². The molecule has 372 valence electrons. The number of aromatic nitrogens is 1. The summed E-state index contributed by atoms with van der Waals surface area (Å²) in [5.74, 6) is -4.44. The number of thioether (sulfide) groups is 1. The van der Waals surface area contributed by atoms with E-state index in [4.69, 9.17) is 24.7 Å². The Kier molecular flexibility index (Phi) is 23.3. The summed E-state index contributed by atoms with van der Waals surface area (Å²) >= 11 is 1.14. The predicted molar refractivity (Wildman–Crippen MR) is 253 cm³/mol. The van der Waals surface area contributed by atoms with Gasteiger partial charge in [-0.1, -0.05) is 51.1 Å². The van der Waals surface area contributed by atoms with Crippen LogP contribution in [-0.4, -0.2) is 153 Å². The number of carbonyl (C=O) groups excluding carboxylic acids is 6. The van der Waals surface area contributed by atoms with Crippen LogP contribution in [-0.2, 0) is 54.3 Å². The first-order chi connectivity index (χ1) is 32.6. The van der Waals surface area contributed by atoms with Gasteiger partial charge < -0.3 is 50.1 Å². The Morgan fingerprint density at radius 1 is 0.838 bits per heavy atom. The monoisotopic (exact) mass is 969 g/mol. The molecule has 2 atom stereocenters. The average molecular weight is 970 g/mol. The third-order valence-electron chi connectivity index (χ3n) is 10.5. The topological polar surface area (TPSA) is 213 Å². The quantitative estimate of drug-likeness (QED) is 0.0541. The molecule has 4 rings (SSSR count). The van der Waals surface area contributed by atoms with Gasteiger partial charge in [0.25, 0.3) is 11.8 Å². The van der Waals surface area contributed by atoms with Crippen molar-refractivity contribution in [3.8, 4) is 11.1 Å². The molecule has 0 bridgehead atoms. The highest BCUT2D eigenvalue weighted by molar-refractivity contribution is 8.00. The Labute approximate surface area is 400 Å². The van der Waals surface area contributed by atoms with Gasteiger partial charge in [0.05, 0.1) is 58.0 Å². The van der Waals surface area contributed by atoms with Gasteiger partial charge in [-0.3, -0.25) is 33.7 Å². The number of nitrogens with zero attached hydrogens (tertiary/aromatic N) is 3. The van der Waals surface area contributed by atoms with Crippen molar-refractivity contribution in [3.63, 3.8) is 0 Å². The fourth-order valence-electron chi connectivity index (χ4n) is 7.21. The summed E-state index contributed by atoms with van der Waals surface area (Å²) < 4.78 is 53.0. The lowest BCUT2D eigenvalue weighted by molar-refractivity contribution is -0.141. The Morgan fingerprint density at radius 3 is 2.13 bits per heavy atom. The summed E-state index contributed by atoms with van der Waals surface area (Å²) in [6.07, 6.45) is 4.30. The molecule has 3 aromatic rings. The molecule has 20 heteroatoms. The van der Waals surface area contributed by atoms with Crippen LogP contribution >= 0.6 is 11.8 Å². The maximum atomic E-state index is 15.3. The van der Waals surface area contributed by atoms with E-state index < -0.39 is 65.2 Å². The molecule has 0 saturated heterocycles. The van der Waals surface area contributed by atoms with Crippen LogP contribution in [0.25, 0.3) is 11.1 Å². The summed E-state index contributed by atoms with van der Waals surface area (Å²) in [6, 6.07) is 13.0. The molecular formula is C48H65F2N7O10S. The molecule has 2 heterocycles. The zero-order chi connectivity index (χ0) is 49.5. The molecule has 1 aromatic heterocycles. The third kappa shape index (κ3) is 18.2. The van der Waals surface area contributed by atoms with Gasteiger partial charge in [-0.15, -0.1) is 11.8 Å². The minimum atomic E-state index is -1.11. The molecule has 1 aliphatic heterocycles. The molecule has 0 saturated carbocycles. The number of imide groups is 1. The molecule has 2 aromatic carbocycles. The highest BCUT2D eigenvalue weighted by atomic mass is 32.2. The smallest absolute Gasteiger partial charge is 0.254 e. The maximum absolute atomic E-state index is 15.3. The molecule has 1 aliphatic rings.